The van der Waals surface area contributed by atoms with Gasteiger partial charge in [0.15, 0.2) is 0 Å². The molecule has 0 saturated carbocycles. The number of carbonyl (C=O) groups is 1. The molecular formula is C16H26N2O2. The molecule has 4 heteroatoms. The van der Waals surface area contributed by atoms with Gasteiger partial charge in [-0.25, -0.2) is 0 Å². The van der Waals surface area contributed by atoms with Crippen molar-refractivity contribution in [2.24, 2.45) is 0 Å². The summed E-state index contributed by atoms with van der Waals surface area (Å²) in [5.74, 6) is 0.290. The number of aromatic hydroxyl groups is 1. The lowest BCUT2D eigenvalue weighted by molar-refractivity contribution is -0.122. The topological polar surface area (TPSA) is 61.4 Å². The van der Waals surface area contributed by atoms with Gasteiger partial charge in [-0.2, -0.15) is 0 Å². The highest BCUT2D eigenvalue weighted by Gasteiger charge is 2.21. The Morgan fingerprint density at radius 1 is 1.35 bits per heavy atom. The van der Waals surface area contributed by atoms with Gasteiger partial charge < -0.3 is 15.7 Å². The summed E-state index contributed by atoms with van der Waals surface area (Å²) in [6.07, 6.45) is 0.608. The summed E-state index contributed by atoms with van der Waals surface area (Å²) in [7, 11) is 1.64. The van der Waals surface area contributed by atoms with Crippen molar-refractivity contribution in [3.8, 4) is 5.75 Å². The maximum Gasteiger partial charge on any atom is 0.237 e. The zero-order chi connectivity index (χ0) is 15.3. The van der Waals surface area contributed by atoms with Crippen LogP contribution in [0.15, 0.2) is 18.2 Å². The standard InChI is InChI=1S/C16H26N2O2/c1-6-18-13(15(20)17-5)10-11-7-8-14(19)12(9-11)16(2,3)4/h7-9,13,18-19H,6,10H2,1-5H3,(H,17,20)/t13-/m0/s1. The monoisotopic (exact) mass is 278 g/mol. The quantitative estimate of drug-likeness (QED) is 0.771. The van der Waals surface area contributed by atoms with Crippen LogP contribution >= 0.6 is 0 Å². The summed E-state index contributed by atoms with van der Waals surface area (Å²) < 4.78 is 0. The summed E-state index contributed by atoms with van der Waals surface area (Å²) >= 11 is 0. The van der Waals surface area contributed by atoms with Gasteiger partial charge in [-0.1, -0.05) is 39.8 Å². The molecule has 0 radical (unpaired) electrons. The van der Waals surface area contributed by atoms with Crippen molar-refractivity contribution in [3.63, 3.8) is 0 Å². The highest BCUT2D eigenvalue weighted by Crippen LogP contribution is 2.31. The largest absolute Gasteiger partial charge is 0.508 e. The molecule has 0 bridgehead atoms. The fraction of sp³-hybridized carbons (Fsp3) is 0.562. The second-order valence-corrected chi connectivity index (χ2v) is 6.03. The molecule has 0 heterocycles. The van der Waals surface area contributed by atoms with E-state index in [2.05, 4.69) is 31.4 Å². The number of amides is 1. The van der Waals surface area contributed by atoms with E-state index in [-0.39, 0.29) is 17.4 Å². The summed E-state index contributed by atoms with van der Waals surface area (Å²) in [6.45, 7) is 8.90. The van der Waals surface area contributed by atoms with E-state index in [1.165, 1.54) is 0 Å². The lowest BCUT2D eigenvalue weighted by atomic mass is 9.84. The smallest absolute Gasteiger partial charge is 0.237 e. The van der Waals surface area contributed by atoms with Crippen LogP contribution in [0.1, 0.15) is 38.8 Å². The average Bonchev–Trinajstić information content (AvgIpc) is 2.38. The van der Waals surface area contributed by atoms with Crippen molar-refractivity contribution >= 4 is 5.91 Å². The first-order valence-electron chi connectivity index (χ1n) is 7.07. The van der Waals surface area contributed by atoms with Gasteiger partial charge in [0, 0.05) is 7.05 Å². The molecule has 112 valence electrons. The SMILES string of the molecule is CCN[C@@H](Cc1ccc(O)c(C(C)(C)C)c1)C(=O)NC. The normalized spacial score (nSPS) is 13.1. The second-order valence-electron chi connectivity index (χ2n) is 6.03. The van der Waals surface area contributed by atoms with Gasteiger partial charge in [0.1, 0.15) is 5.75 Å². The van der Waals surface area contributed by atoms with E-state index >= 15 is 0 Å². The average molecular weight is 278 g/mol. The van der Waals surface area contributed by atoms with Crippen LogP contribution in [-0.2, 0) is 16.6 Å². The molecule has 0 aliphatic heterocycles. The molecule has 20 heavy (non-hydrogen) atoms. The minimum atomic E-state index is -0.248. The third-order valence-corrected chi connectivity index (χ3v) is 3.32. The fourth-order valence-electron chi connectivity index (χ4n) is 2.22. The maximum absolute atomic E-state index is 11.8. The molecule has 0 spiro atoms. The maximum atomic E-state index is 11.8. The Balaban J connectivity index is 2.99. The Morgan fingerprint density at radius 3 is 2.50 bits per heavy atom. The van der Waals surface area contributed by atoms with E-state index in [1.54, 1.807) is 13.1 Å². The molecule has 1 aromatic rings. The molecular weight excluding hydrogens is 252 g/mol. The predicted octanol–water partition coefficient (Wildman–Crippen LogP) is 1.96. The zero-order valence-electron chi connectivity index (χ0n) is 13.1. The summed E-state index contributed by atoms with van der Waals surface area (Å²) in [4.78, 5) is 11.8. The number of benzene rings is 1. The molecule has 0 aliphatic rings. The molecule has 1 amide bonds. The number of carbonyl (C=O) groups excluding carboxylic acids is 1. The first-order chi connectivity index (χ1) is 9.29. The van der Waals surface area contributed by atoms with Crippen LogP contribution in [0, 0.1) is 0 Å². The molecule has 0 aliphatic carbocycles. The number of phenolic OH excluding ortho intramolecular Hbond substituents is 1. The van der Waals surface area contributed by atoms with Gasteiger partial charge in [-0.15, -0.1) is 0 Å². The van der Waals surface area contributed by atoms with Crippen LogP contribution in [0.2, 0.25) is 0 Å². The number of rotatable bonds is 5. The molecule has 0 fully saturated rings. The fourth-order valence-corrected chi connectivity index (χ4v) is 2.22. The van der Waals surface area contributed by atoms with Crippen LogP contribution in [0.4, 0.5) is 0 Å². The van der Waals surface area contributed by atoms with E-state index in [0.29, 0.717) is 12.2 Å². The third-order valence-electron chi connectivity index (χ3n) is 3.32. The van der Waals surface area contributed by atoms with Crippen molar-refractivity contribution in [3.05, 3.63) is 29.3 Å². The molecule has 1 rings (SSSR count). The Bertz CT molecular complexity index is 464. The molecule has 1 atom stereocenters. The first-order valence-corrected chi connectivity index (χ1v) is 7.07. The molecule has 4 nitrogen and oxygen atoms in total. The second kappa shape index (κ2) is 6.75. The molecule has 3 N–H and O–H groups in total. The number of nitrogens with one attached hydrogen (secondary N) is 2. The first kappa shape index (κ1) is 16.5. The highest BCUT2D eigenvalue weighted by atomic mass is 16.3. The zero-order valence-corrected chi connectivity index (χ0v) is 13.1. The molecule has 0 unspecified atom stereocenters. The van der Waals surface area contributed by atoms with Crippen LogP contribution in [0.5, 0.6) is 5.75 Å². The van der Waals surface area contributed by atoms with E-state index in [0.717, 1.165) is 17.7 Å². The van der Waals surface area contributed by atoms with Gasteiger partial charge in [-0.3, -0.25) is 4.79 Å². The Hall–Kier alpha value is -1.55. The summed E-state index contributed by atoms with van der Waals surface area (Å²) in [6, 6.07) is 5.32. The van der Waals surface area contributed by atoms with Crippen LogP contribution in [0.25, 0.3) is 0 Å². The summed E-state index contributed by atoms with van der Waals surface area (Å²) in [5, 5.41) is 15.8. The molecule has 0 saturated heterocycles. The van der Waals surface area contributed by atoms with E-state index in [4.69, 9.17) is 0 Å². The Morgan fingerprint density at radius 2 is 2.00 bits per heavy atom. The van der Waals surface area contributed by atoms with Gasteiger partial charge in [0.25, 0.3) is 0 Å². The van der Waals surface area contributed by atoms with Gasteiger partial charge in [0.2, 0.25) is 5.91 Å². The molecule has 1 aromatic carbocycles. The van der Waals surface area contributed by atoms with Crippen molar-refractivity contribution in [1.82, 2.24) is 10.6 Å². The van der Waals surface area contributed by atoms with Crippen LogP contribution < -0.4 is 10.6 Å². The van der Waals surface area contributed by atoms with Crippen molar-refractivity contribution in [1.29, 1.82) is 0 Å². The Kier molecular flexibility index (Phi) is 5.57. The number of likely N-dealkylation sites (N-methyl/N-ethyl adjacent to an activating group) is 2. The third kappa shape index (κ3) is 4.23. The molecule has 0 aromatic heterocycles. The van der Waals surface area contributed by atoms with Gasteiger partial charge in [-0.05, 0) is 35.6 Å². The van der Waals surface area contributed by atoms with Crippen LogP contribution in [-0.4, -0.2) is 30.6 Å². The minimum absolute atomic E-state index is 0.0165. The lowest BCUT2D eigenvalue weighted by Crippen LogP contribution is -2.44. The highest BCUT2D eigenvalue weighted by molar-refractivity contribution is 5.81. The van der Waals surface area contributed by atoms with E-state index in [9.17, 15) is 9.90 Å². The summed E-state index contributed by atoms with van der Waals surface area (Å²) in [5.41, 5.74) is 1.82. The lowest BCUT2D eigenvalue weighted by Gasteiger charge is -2.22. The predicted molar refractivity (Wildman–Crippen MR) is 82.0 cm³/mol. The minimum Gasteiger partial charge on any atom is -0.508 e. The van der Waals surface area contributed by atoms with Crippen molar-refractivity contribution < 1.29 is 9.90 Å². The van der Waals surface area contributed by atoms with Gasteiger partial charge in [0.05, 0.1) is 6.04 Å². The van der Waals surface area contributed by atoms with Crippen LogP contribution in [0.3, 0.4) is 0 Å². The Labute approximate surface area is 121 Å². The van der Waals surface area contributed by atoms with Crippen molar-refractivity contribution in [2.75, 3.05) is 13.6 Å². The number of phenols is 1. The number of hydrogen-bond donors (Lipinski definition) is 3. The van der Waals surface area contributed by atoms with Crippen molar-refractivity contribution in [2.45, 2.75) is 45.6 Å². The van der Waals surface area contributed by atoms with E-state index in [1.807, 2.05) is 19.1 Å². The number of hydrogen-bond acceptors (Lipinski definition) is 3. The van der Waals surface area contributed by atoms with E-state index < -0.39 is 0 Å². The van der Waals surface area contributed by atoms with Gasteiger partial charge >= 0.3 is 0 Å².